The number of halogens is 2. The van der Waals surface area contributed by atoms with Crippen molar-refractivity contribution >= 4 is 21.4 Å². The molecular weight excluding hydrogens is 380 g/mol. The quantitative estimate of drug-likeness (QED) is 0.737. The molecule has 27 heavy (non-hydrogen) atoms. The second-order valence-electron chi connectivity index (χ2n) is 5.56. The van der Waals surface area contributed by atoms with E-state index in [1.807, 2.05) is 0 Å². The Balaban J connectivity index is 2.00. The summed E-state index contributed by atoms with van der Waals surface area (Å²) in [5, 5.41) is 2.59. The monoisotopic (exact) mass is 399 g/mol. The van der Waals surface area contributed by atoms with E-state index in [0.29, 0.717) is 23.6 Å². The fraction of sp³-hybridized carbons (Fsp3) is 0.278. The number of amides is 1. The van der Waals surface area contributed by atoms with Crippen LogP contribution in [0.15, 0.2) is 47.4 Å². The summed E-state index contributed by atoms with van der Waals surface area (Å²) in [7, 11) is -1.59. The van der Waals surface area contributed by atoms with Crippen molar-refractivity contribution in [1.29, 1.82) is 0 Å². The molecule has 0 aliphatic heterocycles. The largest absolute Gasteiger partial charge is 0.497 e. The lowest BCUT2D eigenvalue weighted by Gasteiger charge is -2.11. The maximum absolute atomic E-state index is 12.5. The molecule has 1 amide bonds. The van der Waals surface area contributed by atoms with Crippen molar-refractivity contribution in [2.45, 2.75) is 23.5 Å². The Morgan fingerprint density at radius 3 is 2.30 bits per heavy atom. The number of ether oxygens (including phenoxy) is 2. The van der Waals surface area contributed by atoms with E-state index in [9.17, 15) is 22.0 Å². The highest BCUT2D eigenvalue weighted by Crippen LogP contribution is 2.25. The maximum atomic E-state index is 12.5. The van der Waals surface area contributed by atoms with Gasteiger partial charge < -0.3 is 14.8 Å². The number of aryl methyl sites for hydroxylation is 1. The number of benzene rings is 2. The van der Waals surface area contributed by atoms with Crippen molar-refractivity contribution in [2.24, 2.45) is 0 Å². The van der Waals surface area contributed by atoms with Gasteiger partial charge in [0.2, 0.25) is 15.7 Å². The molecule has 0 unspecified atom stereocenters. The number of hydrogen-bond donors (Lipinski definition) is 1. The molecule has 6 nitrogen and oxygen atoms in total. The van der Waals surface area contributed by atoms with Crippen LogP contribution in [-0.4, -0.2) is 34.3 Å². The average Bonchev–Trinajstić information content (AvgIpc) is 2.66. The van der Waals surface area contributed by atoms with Crippen LogP contribution in [0.3, 0.4) is 0 Å². The number of alkyl halides is 2. The average molecular weight is 399 g/mol. The third kappa shape index (κ3) is 5.16. The van der Waals surface area contributed by atoms with Gasteiger partial charge in [0.1, 0.15) is 11.5 Å². The molecule has 1 N–H and O–H groups in total. The van der Waals surface area contributed by atoms with Gasteiger partial charge in [-0.1, -0.05) is 0 Å². The predicted octanol–water partition coefficient (Wildman–Crippen LogP) is 3.27. The molecule has 0 fully saturated rings. The lowest BCUT2D eigenvalue weighted by Crippen LogP contribution is -2.14. The molecule has 0 aliphatic carbocycles. The zero-order chi connectivity index (χ0) is 20.0. The van der Waals surface area contributed by atoms with Gasteiger partial charge in [-0.25, -0.2) is 8.42 Å². The van der Waals surface area contributed by atoms with Gasteiger partial charge >= 0.3 is 5.76 Å². The number of sulfone groups is 1. The first kappa shape index (κ1) is 20.6. The Bertz CT molecular complexity index is 898. The molecule has 0 saturated heterocycles. The molecule has 0 atom stereocenters. The van der Waals surface area contributed by atoms with E-state index in [1.165, 1.54) is 26.4 Å². The van der Waals surface area contributed by atoms with Crippen LogP contribution in [0.25, 0.3) is 0 Å². The van der Waals surface area contributed by atoms with Crippen LogP contribution in [0.5, 0.6) is 11.5 Å². The van der Waals surface area contributed by atoms with Crippen molar-refractivity contribution < 1.29 is 31.5 Å². The molecule has 0 heterocycles. The number of nitrogens with one attached hydrogen (secondary N) is 1. The van der Waals surface area contributed by atoms with Gasteiger partial charge in [0.15, 0.2) is 0 Å². The molecular formula is C18H19F2NO5S. The fourth-order valence-corrected chi connectivity index (χ4v) is 3.10. The molecule has 0 aliphatic rings. The second kappa shape index (κ2) is 8.81. The summed E-state index contributed by atoms with van der Waals surface area (Å²) in [5.41, 5.74) is 1.11. The van der Waals surface area contributed by atoms with Gasteiger partial charge in [-0.2, -0.15) is 8.78 Å². The zero-order valence-electron chi connectivity index (χ0n) is 14.7. The van der Waals surface area contributed by atoms with Gasteiger partial charge in [0.25, 0.3) is 0 Å². The molecule has 146 valence electrons. The van der Waals surface area contributed by atoms with Gasteiger partial charge in [0, 0.05) is 12.1 Å². The van der Waals surface area contributed by atoms with E-state index >= 15 is 0 Å². The van der Waals surface area contributed by atoms with Crippen LogP contribution >= 0.6 is 0 Å². The number of hydrogen-bond acceptors (Lipinski definition) is 5. The van der Waals surface area contributed by atoms with E-state index in [-0.39, 0.29) is 12.3 Å². The van der Waals surface area contributed by atoms with Crippen molar-refractivity contribution in [3.05, 3.63) is 48.0 Å². The molecule has 2 aromatic carbocycles. The number of carbonyl (C=O) groups excluding carboxylic acids is 1. The highest BCUT2D eigenvalue weighted by molar-refractivity contribution is 7.91. The minimum Gasteiger partial charge on any atom is -0.497 e. The van der Waals surface area contributed by atoms with E-state index < -0.39 is 20.5 Å². The number of carbonyl (C=O) groups is 1. The van der Waals surface area contributed by atoms with Crippen LogP contribution in [0.2, 0.25) is 0 Å². The van der Waals surface area contributed by atoms with Gasteiger partial charge in [0.05, 0.1) is 19.1 Å². The van der Waals surface area contributed by atoms with Crippen LogP contribution < -0.4 is 14.8 Å². The summed E-state index contributed by atoms with van der Waals surface area (Å²) in [4.78, 5) is 11.6. The summed E-state index contributed by atoms with van der Waals surface area (Å²) in [5.74, 6) is -2.53. The van der Waals surface area contributed by atoms with E-state index in [1.54, 1.807) is 18.2 Å². The molecule has 2 aromatic rings. The molecule has 0 bridgehead atoms. The first-order valence-corrected chi connectivity index (χ1v) is 9.45. The fourth-order valence-electron chi connectivity index (χ4n) is 2.38. The molecule has 0 radical (unpaired) electrons. The van der Waals surface area contributed by atoms with Crippen molar-refractivity contribution in [3.8, 4) is 11.5 Å². The summed E-state index contributed by atoms with van der Waals surface area (Å²) in [6, 6.07) is 9.85. The highest BCUT2D eigenvalue weighted by atomic mass is 32.2. The van der Waals surface area contributed by atoms with E-state index in [2.05, 4.69) is 5.32 Å². The number of methoxy groups -OCH3 is 2. The van der Waals surface area contributed by atoms with Gasteiger partial charge in [-0.15, -0.1) is 0 Å². The Kier molecular flexibility index (Phi) is 6.73. The smallest absolute Gasteiger partial charge is 0.341 e. The topological polar surface area (TPSA) is 81.7 Å². The van der Waals surface area contributed by atoms with Crippen molar-refractivity contribution in [3.63, 3.8) is 0 Å². The zero-order valence-corrected chi connectivity index (χ0v) is 15.6. The molecule has 0 spiro atoms. The standard InChI is InChI=1S/C18H19F2NO5S/c1-25-14-6-9-16(26-2)12(11-14)3-10-17(22)21-13-4-7-15(8-5-13)27(23,24)18(19)20/h4-9,11,18H,3,10H2,1-2H3,(H,21,22). The minimum atomic E-state index is -4.65. The van der Waals surface area contributed by atoms with Crippen molar-refractivity contribution in [1.82, 2.24) is 0 Å². The summed E-state index contributed by atoms with van der Waals surface area (Å²) < 4.78 is 58.2. The maximum Gasteiger partial charge on any atom is 0.341 e. The summed E-state index contributed by atoms with van der Waals surface area (Å²) in [6.45, 7) is 0. The second-order valence-corrected chi connectivity index (χ2v) is 7.47. The number of rotatable bonds is 8. The first-order chi connectivity index (χ1) is 12.8. The Hall–Kier alpha value is -2.68. The van der Waals surface area contributed by atoms with E-state index in [0.717, 1.165) is 17.7 Å². The van der Waals surface area contributed by atoms with Crippen LogP contribution in [0.4, 0.5) is 14.5 Å². The normalized spacial score (nSPS) is 11.3. The lowest BCUT2D eigenvalue weighted by molar-refractivity contribution is -0.116. The highest BCUT2D eigenvalue weighted by Gasteiger charge is 2.26. The van der Waals surface area contributed by atoms with Crippen LogP contribution in [0, 0.1) is 0 Å². The third-order valence-electron chi connectivity index (χ3n) is 3.81. The van der Waals surface area contributed by atoms with Gasteiger partial charge in [-0.05, 0) is 54.4 Å². The number of anilines is 1. The minimum absolute atomic E-state index is 0.139. The molecule has 9 heteroatoms. The molecule has 0 saturated carbocycles. The SMILES string of the molecule is COc1ccc(OC)c(CCC(=O)Nc2ccc(S(=O)(=O)C(F)F)cc2)c1. The predicted molar refractivity (Wildman–Crippen MR) is 96.1 cm³/mol. The molecule has 2 rings (SSSR count). The van der Waals surface area contributed by atoms with E-state index in [4.69, 9.17) is 9.47 Å². The lowest BCUT2D eigenvalue weighted by atomic mass is 10.1. The summed E-state index contributed by atoms with van der Waals surface area (Å²) in [6.07, 6.45) is 0.532. The van der Waals surface area contributed by atoms with Gasteiger partial charge in [-0.3, -0.25) is 4.79 Å². The third-order valence-corrected chi connectivity index (χ3v) is 5.21. The first-order valence-electron chi connectivity index (χ1n) is 7.90. The van der Waals surface area contributed by atoms with Crippen molar-refractivity contribution in [2.75, 3.05) is 19.5 Å². The summed E-state index contributed by atoms with van der Waals surface area (Å²) >= 11 is 0. The van der Waals surface area contributed by atoms with Crippen LogP contribution in [-0.2, 0) is 21.1 Å². The van der Waals surface area contributed by atoms with Crippen LogP contribution in [0.1, 0.15) is 12.0 Å². The Morgan fingerprint density at radius 2 is 1.74 bits per heavy atom. The molecule has 0 aromatic heterocycles. The Labute approximate surface area is 156 Å². The Morgan fingerprint density at radius 1 is 1.07 bits per heavy atom.